The smallest absolute Gasteiger partial charge is 0.137 e. The van der Waals surface area contributed by atoms with E-state index in [1.165, 1.54) is 0 Å². The first kappa shape index (κ1) is 10.3. The van der Waals surface area contributed by atoms with Gasteiger partial charge in [-0.2, -0.15) is 0 Å². The van der Waals surface area contributed by atoms with Crippen LogP contribution >= 0.6 is 11.6 Å². The van der Waals surface area contributed by atoms with Crippen LogP contribution in [0.2, 0.25) is 5.02 Å². The number of hydrogen-bond donors (Lipinski definition) is 0. The normalized spacial score (nSPS) is 12.5. The predicted molar refractivity (Wildman–Crippen MR) is 55.2 cm³/mol. The van der Waals surface area contributed by atoms with Crippen molar-refractivity contribution in [1.82, 2.24) is 0 Å². The summed E-state index contributed by atoms with van der Waals surface area (Å²) in [6.07, 6.45) is 0.829. The molecule has 0 radical (unpaired) electrons. The Morgan fingerprint density at radius 2 is 2.23 bits per heavy atom. The van der Waals surface area contributed by atoms with Crippen molar-refractivity contribution < 1.29 is 4.79 Å². The minimum atomic E-state index is -0.00120. The van der Waals surface area contributed by atoms with E-state index in [1.54, 1.807) is 6.92 Å². The van der Waals surface area contributed by atoms with Gasteiger partial charge < -0.3 is 0 Å². The molecule has 1 atom stereocenters. The molecule has 0 aliphatic heterocycles. The molecule has 70 valence electrons. The second-order valence-electron chi connectivity index (χ2n) is 3.13. The number of Topliss-reactive ketones (excluding diaryl/α,β-unsaturated/α-hetero) is 1. The number of carbonyl (C=O) groups is 1. The van der Waals surface area contributed by atoms with Gasteiger partial charge in [-0.15, -0.1) is 0 Å². The van der Waals surface area contributed by atoms with E-state index in [-0.39, 0.29) is 11.7 Å². The first-order valence-electron chi connectivity index (χ1n) is 4.41. The molecular formula is C11H13ClO. The second-order valence-corrected chi connectivity index (χ2v) is 3.56. The van der Waals surface area contributed by atoms with E-state index < -0.39 is 0 Å². The summed E-state index contributed by atoms with van der Waals surface area (Å²) in [5.74, 6) is 0.198. The van der Waals surface area contributed by atoms with Crippen LogP contribution in [-0.4, -0.2) is 5.78 Å². The van der Waals surface area contributed by atoms with Crippen LogP contribution in [0.15, 0.2) is 24.3 Å². The van der Waals surface area contributed by atoms with E-state index in [1.807, 2.05) is 31.2 Å². The molecule has 1 aromatic rings. The lowest BCUT2D eigenvalue weighted by atomic mass is 9.93. The summed E-state index contributed by atoms with van der Waals surface area (Å²) >= 11 is 5.84. The van der Waals surface area contributed by atoms with Crippen molar-refractivity contribution in [3.05, 3.63) is 34.9 Å². The Labute approximate surface area is 83.7 Å². The number of carbonyl (C=O) groups excluding carboxylic acids is 1. The van der Waals surface area contributed by atoms with Crippen molar-refractivity contribution in [3.8, 4) is 0 Å². The molecule has 0 spiro atoms. The first-order valence-corrected chi connectivity index (χ1v) is 4.79. The van der Waals surface area contributed by atoms with Crippen molar-refractivity contribution >= 4 is 17.4 Å². The molecule has 0 aliphatic rings. The molecule has 0 aliphatic carbocycles. The van der Waals surface area contributed by atoms with Crippen molar-refractivity contribution in [3.63, 3.8) is 0 Å². The number of halogens is 1. The highest BCUT2D eigenvalue weighted by molar-refractivity contribution is 6.30. The van der Waals surface area contributed by atoms with Gasteiger partial charge in [0.25, 0.3) is 0 Å². The standard InChI is InChI=1S/C11H13ClO/c1-3-11(8(2)13)9-5-4-6-10(12)7-9/h4-7,11H,3H2,1-2H3. The highest BCUT2D eigenvalue weighted by Gasteiger charge is 2.13. The number of hydrogen-bond acceptors (Lipinski definition) is 1. The molecule has 2 heteroatoms. The van der Waals surface area contributed by atoms with Crippen molar-refractivity contribution in [1.29, 1.82) is 0 Å². The van der Waals surface area contributed by atoms with Crippen LogP contribution in [-0.2, 0) is 4.79 Å². The molecule has 1 nitrogen and oxygen atoms in total. The molecule has 0 amide bonds. The average molecular weight is 197 g/mol. The third-order valence-electron chi connectivity index (χ3n) is 2.15. The fourth-order valence-electron chi connectivity index (χ4n) is 1.48. The molecule has 1 aromatic carbocycles. The van der Waals surface area contributed by atoms with Gasteiger partial charge in [-0.25, -0.2) is 0 Å². The molecule has 0 aromatic heterocycles. The quantitative estimate of drug-likeness (QED) is 0.724. The maximum atomic E-state index is 11.2. The van der Waals surface area contributed by atoms with Gasteiger partial charge in [-0.05, 0) is 31.0 Å². The fraction of sp³-hybridized carbons (Fsp3) is 0.364. The topological polar surface area (TPSA) is 17.1 Å². The van der Waals surface area contributed by atoms with Crippen molar-refractivity contribution in [2.24, 2.45) is 0 Å². The van der Waals surface area contributed by atoms with Crippen molar-refractivity contribution in [2.75, 3.05) is 0 Å². The lowest BCUT2D eigenvalue weighted by Gasteiger charge is -2.11. The highest BCUT2D eigenvalue weighted by atomic mass is 35.5. The average Bonchev–Trinajstić information content (AvgIpc) is 2.04. The summed E-state index contributed by atoms with van der Waals surface area (Å²) in [6, 6.07) is 7.50. The SMILES string of the molecule is CCC(C(C)=O)c1cccc(Cl)c1. The lowest BCUT2D eigenvalue weighted by Crippen LogP contribution is -2.07. The van der Waals surface area contributed by atoms with E-state index >= 15 is 0 Å². The largest absolute Gasteiger partial charge is 0.299 e. The van der Waals surface area contributed by atoms with Gasteiger partial charge in [0, 0.05) is 10.9 Å². The maximum absolute atomic E-state index is 11.2. The molecule has 0 saturated heterocycles. The van der Waals surface area contributed by atoms with Crippen LogP contribution in [0.1, 0.15) is 31.7 Å². The first-order chi connectivity index (χ1) is 6.15. The zero-order valence-corrected chi connectivity index (χ0v) is 8.64. The van der Waals surface area contributed by atoms with Gasteiger partial charge in [-0.1, -0.05) is 30.7 Å². The Morgan fingerprint density at radius 1 is 1.54 bits per heavy atom. The molecule has 0 heterocycles. The van der Waals surface area contributed by atoms with Gasteiger partial charge in [0.2, 0.25) is 0 Å². The third-order valence-corrected chi connectivity index (χ3v) is 2.39. The minimum absolute atomic E-state index is 0.00120. The fourth-order valence-corrected chi connectivity index (χ4v) is 1.68. The van der Waals surface area contributed by atoms with E-state index in [2.05, 4.69) is 0 Å². The van der Waals surface area contributed by atoms with Crippen LogP contribution in [0.5, 0.6) is 0 Å². The third kappa shape index (κ3) is 2.56. The molecular weight excluding hydrogens is 184 g/mol. The Bertz CT molecular complexity index is 307. The van der Waals surface area contributed by atoms with E-state index in [4.69, 9.17) is 11.6 Å². The van der Waals surface area contributed by atoms with Gasteiger partial charge in [0.1, 0.15) is 5.78 Å². The second kappa shape index (κ2) is 4.43. The Kier molecular flexibility index (Phi) is 3.49. The Hall–Kier alpha value is -0.820. The number of ketones is 1. The summed E-state index contributed by atoms with van der Waals surface area (Å²) in [5.41, 5.74) is 1.02. The van der Waals surface area contributed by atoms with E-state index in [0.717, 1.165) is 12.0 Å². The maximum Gasteiger partial charge on any atom is 0.137 e. The van der Waals surface area contributed by atoms with Crippen LogP contribution in [0.3, 0.4) is 0 Å². The minimum Gasteiger partial charge on any atom is -0.299 e. The molecule has 13 heavy (non-hydrogen) atoms. The van der Waals surface area contributed by atoms with Crippen LogP contribution in [0, 0.1) is 0 Å². The van der Waals surface area contributed by atoms with Gasteiger partial charge in [-0.3, -0.25) is 4.79 Å². The molecule has 1 rings (SSSR count). The van der Waals surface area contributed by atoms with Crippen LogP contribution in [0.25, 0.3) is 0 Å². The van der Waals surface area contributed by atoms with Crippen LogP contribution in [0.4, 0.5) is 0 Å². The highest BCUT2D eigenvalue weighted by Crippen LogP contribution is 2.22. The zero-order valence-electron chi connectivity index (χ0n) is 7.88. The molecule has 0 bridgehead atoms. The van der Waals surface area contributed by atoms with E-state index in [9.17, 15) is 4.79 Å². The zero-order chi connectivity index (χ0) is 9.84. The molecule has 0 N–H and O–H groups in total. The summed E-state index contributed by atoms with van der Waals surface area (Å²) in [7, 11) is 0. The summed E-state index contributed by atoms with van der Waals surface area (Å²) in [6.45, 7) is 3.63. The monoisotopic (exact) mass is 196 g/mol. The van der Waals surface area contributed by atoms with Crippen LogP contribution < -0.4 is 0 Å². The Morgan fingerprint density at radius 3 is 2.69 bits per heavy atom. The van der Waals surface area contributed by atoms with Gasteiger partial charge >= 0.3 is 0 Å². The number of rotatable bonds is 3. The predicted octanol–water partition coefficient (Wildman–Crippen LogP) is 3.42. The summed E-state index contributed by atoms with van der Waals surface area (Å²) in [4.78, 5) is 11.2. The van der Waals surface area contributed by atoms with Crippen molar-refractivity contribution in [2.45, 2.75) is 26.2 Å². The molecule has 0 fully saturated rings. The molecule has 1 unspecified atom stereocenters. The molecule has 0 saturated carbocycles. The van der Waals surface area contributed by atoms with E-state index in [0.29, 0.717) is 5.02 Å². The van der Waals surface area contributed by atoms with Gasteiger partial charge in [0.05, 0.1) is 0 Å². The summed E-state index contributed by atoms with van der Waals surface area (Å²) < 4.78 is 0. The Balaban J connectivity index is 2.98. The summed E-state index contributed by atoms with van der Waals surface area (Å²) in [5, 5.41) is 0.692. The van der Waals surface area contributed by atoms with Gasteiger partial charge in [0.15, 0.2) is 0 Å². The number of benzene rings is 1. The lowest BCUT2D eigenvalue weighted by molar-refractivity contribution is -0.118.